The minimum Gasteiger partial charge on any atom is -0.361 e. The second-order valence-electron chi connectivity index (χ2n) is 4.00. The van der Waals surface area contributed by atoms with E-state index >= 15 is 0 Å². The van der Waals surface area contributed by atoms with Crippen LogP contribution in [-0.2, 0) is 19.5 Å². The molecule has 0 amide bonds. The van der Waals surface area contributed by atoms with Crippen LogP contribution in [0.5, 0.6) is 0 Å². The molecule has 1 aromatic carbocycles. The van der Waals surface area contributed by atoms with Gasteiger partial charge in [-0.05, 0) is 11.1 Å². The van der Waals surface area contributed by atoms with Gasteiger partial charge in [-0.3, -0.25) is 4.79 Å². The highest BCUT2D eigenvalue weighted by Crippen LogP contribution is 2.08. The van der Waals surface area contributed by atoms with Gasteiger partial charge in [-0.25, -0.2) is 4.98 Å². The molecule has 4 nitrogen and oxygen atoms in total. The summed E-state index contributed by atoms with van der Waals surface area (Å²) in [6.07, 6.45) is 3.22. The topological polar surface area (TPSA) is 46.9 Å². The molecule has 2 aromatic rings. The largest absolute Gasteiger partial charge is 0.361 e. The van der Waals surface area contributed by atoms with E-state index in [1.54, 1.807) is 19.4 Å². The summed E-state index contributed by atoms with van der Waals surface area (Å²) in [7, 11) is 1.70. The number of hydrogen-bond donors (Lipinski definition) is 1. The highest BCUT2D eigenvalue weighted by Gasteiger charge is 2.02. The lowest BCUT2D eigenvalue weighted by molar-refractivity contribution is 0.839. The van der Waals surface area contributed by atoms with Crippen molar-refractivity contribution in [1.82, 2.24) is 9.55 Å². The van der Waals surface area contributed by atoms with E-state index < -0.39 is 0 Å². The Morgan fingerprint density at radius 2 is 2.17 bits per heavy atom. The summed E-state index contributed by atoms with van der Waals surface area (Å²) in [5.74, 6) is 0.843. The van der Waals surface area contributed by atoms with Gasteiger partial charge in [0.25, 0.3) is 5.56 Å². The van der Waals surface area contributed by atoms with Crippen LogP contribution in [0.3, 0.4) is 0 Å². The molecule has 1 heterocycles. The number of hydrogen-bond acceptors (Lipinski definition) is 3. The third kappa shape index (κ3) is 2.90. The fourth-order valence-corrected chi connectivity index (χ4v) is 1.79. The Kier molecular flexibility index (Phi) is 3.99. The van der Waals surface area contributed by atoms with Gasteiger partial charge in [0.15, 0.2) is 5.82 Å². The minimum absolute atomic E-state index is 0.133. The van der Waals surface area contributed by atoms with Crippen LogP contribution < -0.4 is 10.9 Å². The summed E-state index contributed by atoms with van der Waals surface area (Å²) < 4.78 is 1.49. The molecule has 0 saturated heterocycles. The van der Waals surface area contributed by atoms with Crippen LogP contribution in [0.4, 0.5) is 5.82 Å². The van der Waals surface area contributed by atoms with Crippen molar-refractivity contribution in [3.8, 4) is 0 Å². The van der Waals surface area contributed by atoms with Crippen molar-refractivity contribution in [3.05, 3.63) is 58.1 Å². The fraction of sp³-hybridized carbons (Fsp3) is 0.231. The lowest BCUT2D eigenvalue weighted by atomic mass is 10.1. The number of aromatic nitrogens is 2. The molecule has 0 saturated carbocycles. The van der Waals surface area contributed by atoms with E-state index in [0.29, 0.717) is 18.2 Å². The van der Waals surface area contributed by atoms with Crippen LogP contribution in [0.25, 0.3) is 0 Å². The van der Waals surface area contributed by atoms with Gasteiger partial charge in [0.2, 0.25) is 0 Å². The van der Waals surface area contributed by atoms with Gasteiger partial charge >= 0.3 is 0 Å². The molecule has 0 fully saturated rings. The van der Waals surface area contributed by atoms with Crippen LogP contribution in [0.15, 0.2) is 41.5 Å². The highest BCUT2D eigenvalue weighted by molar-refractivity contribution is 6.17. The SMILES string of the molecule is Cn1ccnc(NCc2cccc(CCl)c2)c1=O. The maximum atomic E-state index is 11.7. The normalized spacial score (nSPS) is 10.3. The van der Waals surface area contributed by atoms with Crippen LogP contribution in [0, 0.1) is 0 Å². The van der Waals surface area contributed by atoms with E-state index in [1.165, 1.54) is 4.57 Å². The molecule has 0 unspecified atom stereocenters. The Bertz CT molecular complexity index is 595. The first-order valence-corrected chi connectivity index (χ1v) is 6.13. The second kappa shape index (κ2) is 5.69. The van der Waals surface area contributed by atoms with Crippen molar-refractivity contribution in [2.24, 2.45) is 7.05 Å². The molecule has 18 heavy (non-hydrogen) atoms. The van der Waals surface area contributed by atoms with Crippen molar-refractivity contribution in [1.29, 1.82) is 0 Å². The van der Waals surface area contributed by atoms with Gasteiger partial charge in [-0.2, -0.15) is 0 Å². The zero-order valence-electron chi connectivity index (χ0n) is 10.1. The molecular formula is C13H14ClN3O. The molecule has 0 aliphatic heterocycles. The van der Waals surface area contributed by atoms with Gasteiger partial charge in [0.1, 0.15) is 0 Å². The minimum atomic E-state index is -0.133. The molecular weight excluding hydrogens is 250 g/mol. The van der Waals surface area contributed by atoms with Crippen LogP contribution in [-0.4, -0.2) is 9.55 Å². The number of nitrogens with one attached hydrogen (secondary N) is 1. The first kappa shape index (κ1) is 12.6. The number of nitrogens with zero attached hydrogens (tertiary/aromatic N) is 2. The Labute approximate surface area is 110 Å². The molecule has 5 heteroatoms. The Morgan fingerprint density at radius 1 is 1.39 bits per heavy atom. The maximum Gasteiger partial charge on any atom is 0.293 e. The zero-order valence-corrected chi connectivity index (χ0v) is 10.8. The van der Waals surface area contributed by atoms with E-state index in [9.17, 15) is 4.79 Å². The first-order valence-electron chi connectivity index (χ1n) is 5.60. The summed E-state index contributed by atoms with van der Waals surface area (Å²) >= 11 is 5.78. The quantitative estimate of drug-likeness (QED) is 0.860. The molecule has 0 aliphatic carbocycles. The fourth-order valence-electron chi connectivity index (χ4n) is 1.63. The predicted octanol–water partition coefficient (Wildman–Crippen LogP) is 2.13. The van der Waals surface area contributed by atoms with Crippen LogP contribution in [0.1, 0.15) is 11.1 Å². The molecule has 0 radical (unpaired) electrons. The average molecular weight is 264 g/mol. The maximum absolute atomic E-state index is 11.7. The van der Waals surface area contributed by atoms with E-state index in [1.807, 2.05) is 24.3 Å². The first-order chi connectivity index (χ1) is 8.70. The molecule has 0 bridgehead atoms. The van der Waals surface area contributed by atoms with Crippen molar-refractivity contribution in [2.45, 2.75) is 12.4 Å². The van der Waals surface area contributed by atoms with Crippen LogP contribution >= 0.6 is 11.6 Å². The smallest absolute Gasteiger partial charge is 0.293 e. The van der Waals surface area contributed by atoms with Crippen molar-refractivity contribution < 1.29 is 0 Å². The van der Waals surface area contributed by atoms with Crippen LogP contribution in [0.2, 0.25) is 0 Å². The standard InChI is InChI=1S/C13H14ClN3O/c1-17-6-5-15-12(13(17)18)16-9-11-4-2-3-10(7-11)8-14/h2-7H,8-9H2,1H3,(H,15,16). The van der Waals surface area contributed by atoms with Gasteiger partial charge in [0, 0.05) is 31.9 Å². The van der Waals surface area contributed by atoms with E-state index in [4.69, 9.17) is 11.6 Å². The number of rotatable bonds is 4. The number of benzene rings is 1. The number of anilines is 1. The summed E-state index contributed by atoms with van der Waals surface area (Å²) in [6, 6.07) is 7.91. The zero-order chi connectivity index (χ0) is 13.0. The molecule has 0 atom stereocenters. The molecule has 94 valence electrons. The molecule has 0 aliphatic rings. The van der Waals surface area contributed by atoms with Crippen molar-refractivity contribution in [2.75, 3.05) is 5.32 Å². The van der Waals surface area contributed by atoms with Gasteiger partial charge in [0.05, 0.1) is 0 Å². The van der Waals surface area contributed by atoms with Gasteiger partial charge < -0.3 is 9.88 Å². The van der Waals surface area contributed by atoms with Crippen molar-refractivity contribution in [3.63, 3.8) is 0 Å². The third-order valence-electron chi connectivity index (χ3n) is 2.62. The third-order valence-corrected chi connectivity index (χ3v) is 2.93. The second-order valence-corrected chi connectivity index (χ2v) is 4.27. The lowest BCUT2D eigenvalue weighted by Crippen LogP contribution is -2.21. The summed E-state index contributed by atoms with van der Waals surface area (Å²) in [5, 5.41) is 3.03. The predicted molar refractivity (Wildman–Crippen MR) is 72.8 cm³/mol. The Morgan fingerprint density at radius 3 is 2.94 bits per heavy atom. The van der Waals surface area contributed by atoms with Gasteiger partial charge in [-0.1, -0.05) is 24.3 Å². The summed E-state index contributed by atoms with van der Waals surface area (Å²) in [6.45, 7) is 0.553. The summed E-state index contributed by atoms with van der Waals surface area (Å²) in [5.41, 5.74) is 2.00. The lowest BCUT2D eigenvalue weighted by Gasteiger charge is -2.07. The van der Waals surface area contributed by atoms with Gasteiger partial charge in [-0.15, -0.1) is 11.6 Å². The van der Waals surface area contributed by atoms with E-state index in [0.717, 1.165) is 11.1 Å². The monoisotopic (exact) mass is 263 g/mol. The number of aryl methyl sites for hydroxylation is 1. The number of alkyl halides is 1. The Balaban J connectivity index is 2.11. The van der Waals surface area contributed by atoms with E-state index in [-0.39, 0.29) is 5.56 Å². The Hall–Kier alpha value is -1.81. The molecule has 0 spiro atoms. The average Bonchev–Trinajstić information content (AvgIpc) is 2.41. The van der Waals surface area contributed by atoms with Crippen molar-refractivity contribution >= 4 is 17.4 Å². The molecule has 2 rings (SSSR count). The molecule has 1 aromatic heterocycles. The van der Waals surface area contributed by atoms with E-state index in [2.05, 4.69) is 10.3 Å². The summed E-state index contributed by atoms with van der Waals surface area (Å²) in [4.78, 5) is 15.8. The number of halogens is 1. The highest BCUT2D eigenvalue weighted by atomic mass is 35.5. The molecule has 1 N–H and O–H groups in total.